The average Bonchev–Trinajstić information content (AvgIpc) is 2.49. The van der Waals surface area contributed by atoms with Gasteiger partial charge in [0.25, 0.3) is 0 Å². The zero-order valence-electron chi connectivity index (χ0n) is 13.6. The van der Waals surface area contributed by atoms with Crippen LogP contribution < -0.4 is 5.32 Å². The number of rotatable bonds is 10. The summed E-state index contributed by atoms with van der Waals surface area (Å²) in [6.45, 7) is 7.43. The topological polar surface area (TPSA) is 12.0 Å². The van der Waals surface area contributed by atoms with Crippen molar-refractivity contribution >= 4 is 0 Å². The maximum atomic E-state index is 13.5. The molecule has 1 nitrogen and oxygen atoms in total. The Morgan fingerprint density at radius 1 is 1.05 bits per heavy atom. The molecule has 0 spiro atoms. The molecule has 0 amide bonds. The summed E-state index contributed by atoms with van der Waals surface area (Å²) in [6, 6.07) is 4.40. The molecule has 0 saturated carbocycles. The lowest BCUT2D eigenvalue weighted by Crippen LogP contribution is -2.24. The molecule has 0 aliphatic heterocycles. The predicted octanol–water partition coefficient (Wildman–Crippen LogP) is 5.61. The molecule has 0 radical (unpaired) electrons. The molecule has 0 heterocycles. The van der Waals surface area contributed by atoms with Crippen molar-refractivity contribution in [3.05, 3.63) is 35.4 Å². The van der Waals surface area contributed by atoms with E-state index in [-0.39, 0.29) is 6.04 Å². The van der Waals surface area contributed by atoms with Crippen LogP contribution in [0.15, 0.2) is 18.2 Å². The van der Waals surface area contributed by atoms with Gasteiger partial charge in [0.2, 0.25) is 0 Å². The van der Waals surface area contributed by atoms with Gasteiger partial charge in [0.05, 0.1) is 0 Å². The molecule has 2 unspecified atom stereocenters. The summed E-state index contributed by atoms with van der Waals surface area (Å²) in [5.41, 5.74) is 0.859. The second-order valence-electron chi connectivity index (χ2n) is 5.83. The summed E-state index contributed by atoms with van der Waals surface area (Å²) in [5.74, 6) is -0.893. The summed E-state index contributed by atoms with van der Waals surface area (Å²) in [7, 11) is 0. The van der Waals surface area contributed by atoms with Gasteiger partial charge in [-0.15, -0.1) is 0 Å². The number of hydrogen-bond donors (Lipinski definition) is 1. The molecule has 0 bridgehead atoms. The highest BCUT2D eigenvalue weighted by molar-refractivity contribution is 5.21. The molecule has 3 heteroatoms. The van der Waals surface area contributed by atoms with E-state index in [1.165, 1.54) is 31.4 Å². The molecular weight excluding hydrogens is 268 g/mol. The van der Waals surface area contributed by atoms with Gasteiger partial charge in [0.15, 0.2) is 11.6 Å². The van der Waals surface area contributed by atoms with Gasteiger partial charge < -0.3 is 5.32 Å². The number of benzene rings is 1. The Kier molecular flexibility index (Phi) is 8.51. The molecule has 1 N–H and O–H groups in total. The van der Waals surface area contributed by atoms with Crippen molar-refractivity contribution in [3.8, 4) is 0 Å². The van der Waals surface area contributed by atoms with Crippen LogP contribution >= 0.6 is 0 Å². The summed E-state index contributed by atoms with van der Waals surface area (Å²) in [6.07, 6.45) is 6.80. The molecule has 1 aromatic rings. The summed E-state index contributed by atoms with van der Waals surface area (Å²) >= 11 is 0. The second-order valence-corrected chi connectivity index (χ2v) is 5.83. The van der Waals surface area contributed by atoms with E-state index in [0.29, 0.717) is 5.92 Å². The lowest BCUT2D eigenvalue weighted by molar-refractivity contribution is 0.352. The first-order chi connectivity index (χ1) is 10.1. The third kappa shape index (κ3) is 6.13. The van der Waals surface area contributed by atoms with E-state index in [1.807, 2.05) is 0 Å². The predicted molar refractivity (Wildman–Crippen MR) is 85.3 cm³/mol. The smallest absolute Gasteiger partial charge is 0.159 e. The fourth-order valence-electron chi connectivity index (χ4n) is 2.70. The van der Waals surface area contributed by atoms with Crippen LogP contribution in [0.25, 0.3) is 0 Å². The lowest BCUT2D eigenvalue weighted by Gasteiger charge is -2.24. The Morgan fingerprint density at radius 2 is 1.81 bits per heavy atom. The standard InChI is InChI=1S/C18H29F2N/c1-4-7-8-14(6-3)12-18(21-11-5-2)15-9-10-16(19)17(20)13-15/h9-10,13-14,18,21H,4-8,11-12H2,1-3H3. The number of unbranched alkanes of at least 4 members (excludes halogenated alkanes) is 1. The fourth-order valence-corrected chi connectivity index (χ4v) is 2.70. The third-order valence-electron chi connectivity index (χ3n) is 4.10. The normalized spacial score (nSPS) is 14.1. The van der Waals surface area contributed by atoms with Crippen molar-refractivity contribution in [2.75, 3.05) is 6.54 Å². The van der Waals surface area contributed by atoms with Gasteiger partial charge in [0.1, 0.15) is 0 Å². The molecule has 0 aromatic heterocycles. The van der Waals surface area contributed by atoms with E-state index in [1.54, 1.807) is 6.07 Å². The minimum Gasteiger partial charge on any atom is -0.310 e. The van der Waals surface area contributed by atoms with E-state index < -0.39 is 11.6 Å². The largest absolute Gasteiger partial charge is 0.310 e. The van der Waals surface area contributed by atoms with Crippen LogP contribution in [0.1, 0.15) is 70.9 Å². The molecule has 1 aromatic carbocycles. The van der Waals surface area contributed by atoms with Crippen molar-refractivity contribution in [1.29, 1.82) is 0 Å². The highest BCUT2D eigenvalue weighted by atomic mass is 19.2. The minimum atomic E-state index is -0.772. The van der Waals surface area contributed by atoms with Gasteiger partial charge in [-0.3, -0.25) is 0 Å². The van der Waals surface area contributed by atoms with Crippen molar-refractivity contribution in [2.24, 2.45) is 5.92 Å². The van der Waals surface area contributed by atoms with Crippen LogP contribution in [0.5, 0.6) is 0 Å². The van der Waals surface area contributed by atoms with Crippen LogP contribution in [0.2, 0.25) is 0 Å². The van der Waals surface area contributed by atoms with E-state index >= 15 is 0 Å². The quantitative estimate of drug-likeness (QED) is 0.591. The van der Waals surface area contributed by atoms with E-state index in [4.69, 9.17) is 0 Å². The molecule has 0 saturated heterocycles. The van der Waals surface area contributed by atoms with Crippen LogP contribution in [-0.2, 0) is 0 Å². The zero-order valence-corrected chi connectivity index (χ0v) is 13.6. The Hall–Kier alpha value is -0.960. The van der Waals surface area contributed by atoms with Crippen LogP contribution in [0, 0.1) is 17.6 Å². The van der Waals surface area contributed by atoms with Gasteiger partial charge in [0, 0.05) is 6.04 Å². The zero-order chi connectivity index (χ0) is 15.7. The van der Waals surface area contributed by atoms with Gasteiger partial charge in [-0.25, -0.2) is 8.78 Å². The van der Waals surface area contributed by atoms with Gasteiger partial charge in [-0.1, -0.05) is 52.5 Å². The molecule has 1 rings (SSSR count). The first-order valence-corrected chi connectivity index (χ1v) is 8.30. The Bertz CT molecular complexity index is 406. The van der Waals surface area contributed by atoms with Crippen molar-refractivity contribution in [3.63, 3.8) is 0 Å². The number of halogens is 2. The van der Waals surface area contributed by atoms with E-state index in [0.717, 1.165) is 31.4 Å². The molecule has 0 aliphatic rings. The molecule has 2 atom stereocenters. The molecule has 21 heavy (non-hydrogen) atoms. The first kappa shape index (κ1) is 18.1. The van der Waals surface area contributed by atoms with Crippen LogP contribution in [0.4, 0.5) is 8.78 Å². The summed E-state index contributed by atoms with van der Waals surface area (Å²) in [4.78, 5) is 0. The lowest BCUT2D eigenvalue weighted by atomic mass is 9.89. The highest BCUT2D eigenvalue weighted by Crippen LogP contribution is 2.27. The number of nitrogens with one attached hydrogen (secondary N) is 1. The molecular formula is C18H29F2N. The minimum absolute atomic E-state index is 0.113. The van der Waals surface area contributed by atoms with Crippen LogP contribution in [-0.4, -0.2) is 6.54 Å². The summed E-state index contributed by atoms with van der Waals surface area (Å²) in [5, 5.41) is 3.48. The Balaban J connectivity index is 2.80. The Morgan fingerprint density at radius 3 is 2.38 bits per heavy atom. The second kappa shape index (κ2) is 9.88. The van der Waals surface area contributed by atoms with Crippen LogP contribution in [0.3, 0.4) is 0 Å². The van der Waals surface area contributed by atoms with E-state index in [9.17, 15) is 8.78 Å². The Labute approximate surface area is 128 Å². The van der Waals surface area contributed by atoms with Crippen molar-refractivity contribution in [2.45, 2.75) is 65.3 Å². The maximum absolute atomic E-state index is 13.5. The highest BCUT2D eigenvalue weighted by Gasteiger charge is 2.17. The van der Waals surface area contributed by atoms with Crippen molar-refractivity contribution < 1.29 is 8.78 Å². The first-order valence-electron chi connectivity index (χ1n) is 8.30. The number of hydrogen-bond acceptors (Lipinski definition) is 1. The monoisotopic (exact) mass is 297 g/mol. The summed E-state index contributed by atoms with van der Waals surface area (Å²) < 4.78 is 26.6. The van der Waals surface area contributed by atoms with Gasteiger partial charge >= 0.3 is 0 Å². The van der Waals surface area contributed by atoms with Crippen molar-refractivity contribution in [1.82, 2.24) is 5.32 Å². The van der Waals surface area contributed by atoms with E-state index in [2.05, 4.69) is 26.1 Å². The maximum Gasteiger partial charge on any atom is 0.159 e. The molecule has 0 aliphatic carbocycles. The third-order valence-corrected chi connectivity index (χ3v) is 4.10. The molecule has 120 valence electrons. The van der Waals surface area contributed by atoms with Gasteiger partial charge in [-0.2, -0.15) is 0 Å². The average molecular weight is 297 g/mol. The SMILES string of the molecule is CCCCC(CC)CC(NCCC)c1ccc(F)c(F)c1. The fraction of sp³-hybridized carbons (Fsp3) is 0.667. The molecule has 0 fully saturated rings. The van der Waals surface area contributed by atoms with Gasteiger partial charge in [-0.05, 0) is 43.0 Å².